The number of aryl methyl sites for hydroxylation is 2. The molecule has 1 N–H and O–H groups in total. The van der Waals surface area contributed by atoms with Crippen LogP contribution in [0.3, 0.4) is 0 Å². The van der Waals surface area contributed by atoms with Gasteiger partial charge in [-0.25, -0.2) is 4.98 Å². The van der Waals surface area contributed by atoms with Crippen LogP contribution in [0, 0.1) is 0 Å². The predicted octanol–water partition coefficient (Wildman–Crippen LogP) is 4.70. The molecule has 5 nitrogen and oxygen atoms in total. The topological polar surface area (TPSA) is 68.0 Å². The molecular formula is C24H21N3O2. The first kappa shape index (κ1) is 17.6. The number of benzene rings is 2. The van der Waals surface area contributed by atoms with Crippen molar-refractivity contribution >= 4 is 17.0 Å². The molecule has 0 atom stereocenters. The van der Waals surface area contributed by atoms with E-state index >= 15 is 0 Å². The molecule has 2 aromatic carbocycles. The summed E-state index contributed by atoms with van der Waals surface area (Å²) in [5.74, 6) is 0.499. The number of carbonyl (C=O) groups is 1. The van der Waals surface area contributed by atoms with Gasteiger partial charge in [-0.2, -0.15) is 0 Å². The van der Waals surface area contributed by atoms with Gasteiger partial charge in [0.25, 0.3) is 5.91 Å². The van der Waals surface area contributed by atoms with Gasteiger partial charge in [-0.1, -0.05) is 12.1 Å². The molecule has 0 aliphatic heterocycles. The van der Waals surface area contributed by atoms with E-state index in [0.717, 1.165) is 35.1 Å². The zero-order valence-electron chi connectivity index (χ0n) is 16.0. The Morgan fingerprint density at radius 2 is 1.83 bits per heavy atom. The molecule has 1 amide bonds. The SMILES string of the molecule is O=C(NCc1ccc(-c2nc3cc4c(cc3o2)CCCC4)cc1)c1cccnc1. The second-order valence-electron chi connectivity index (χ2n) is 7.44. The van der Waals surface area contributed by atoms with Gasteiger partial charge < -0.3 is 9.73 Å². The monoisotopic (exact) mass is 383 g/mol. The predicted molar refractivity (Wildman–Crippen MR) is 111 cm³/mol. The number of carbonyl (C=O) groups excluding carboxylic acids is 1. The van der Waals surface area contributed by atoms with Crippen LogP contribution in [0.15, 0.2) is 65.3 Å². The average Bonchev–Trinajstić information content (AvgIpc) is 3.19. The largest absolute Gasteiger partial charge is 0.436 e. The molecule has 0 saturated heterocycles. The van der Waals surface area contributed by atoms with Crippen LogP contribution in [0.4, 0.5) is 0 Å². The van der Waals surface area contributed by atoms with Gasteiger partial charge >= 0.3 is 0 Å². The minimum Gasteiger partial charge on any atom is -0.436 e. The summed E-state index contributed by atoms with van der Waals surface area (Å²) in [6, 6.07) is 15.8. The molecule has 2 aromatic heterocycles. The first-order valence-electron chi connectivity index (χ1n) is 9.96. The molecule has 2 heterocycles. The zero-order valence-corrected chi connectivity index (χ0v) is 16.0. The van der Waals surface area contributed by atoms with Crippen molar-refractivity contribution in [3.05, 3.63) is 83.2 Å². The van der Waals surface area contributed by atoms with E-state index in [9.17, 15) is 4.79 Å². The third-order valence-electron chi connectivity index (χ3n) is 5.43. The van der Waals surface area contributed by atoms with Crippen molar-refractivity contribution in [3.8, 4) is 11.5 Å². The number of fused-ring (bicyclic) bond motifs is 2. The third-order valence-corrected chi connectivity index (χ3v) is 5.43. The summed E-state index contributed by atoms with van der Waals surface area (Å²) in [5, 5.41) is 2.91. The average molecular weight is 383 g/mol. The Morgan fingerprint density at radius 3 is 2.59 bits per heavy atom. The molecular weight excluding hydrogens is 362 g/mol. The van der Waals surface area contributed by atoms with Crippen LogP contribution >= 0.6 is 0 Å². The van der Waals surface area contributed by atoms with E-state index in [1.807, 2.05) is 24.3 Å². The number of hydrogen-bond donors (Lipinski definition) is 1. The van der Waals surface area contributed by atoms with E-state index in [1.165, 1.54) is 24.0 Å². The summed E-state index contributed by atoms with van der Waals surface area (Å²) >= 11 is 0. The van der Waals surface area contributed by atoms with Crippen molar-refractivity contribution in [2.45, 2.75) is 32.2 Å². The zero-order chi connectivity index (χ0) is 19.6. The van der Waals surface area contributed by atoms with E-state index in [-0.39, 0.29) is 5.91 Å². The molecule has 29 heavy (non-hydrogen) atoms. The number of aromatic nitrogens is 2. The molecule has 0 fully saturated rings. The van der Waals surface area contributed by atoms with Crippen molar-refractivity contribution in [1.29, 1.82) is 0 Å². The van der Waals surface area contributed by atoms with Crippen LogP contribution in [0.2, 0.25) is 0 Å². The molecule has 4 aromatic rings. The smallest absolute Gasteiger partial charge is 0.253 e. The van der Waals surface area contributed by atoms with Gasteiger partial charge in [-0.15, -0.1) is 0 Å². The van der Waals surface area contributed by atoms with Crippen LogP contribution in [0.25, 0.3) is 22.6 Å². The van der Waals surface area contributed by atoms with Gasteiger partial charge in [-0.05, 0) is 78.8 Å². The van der Waals surface area contributed by atoms with Crippen molar-refractivity contribution in [2.24, 2.45) is 0 Å². The quantitative estimate of drug-likeness (QED) is 0.555. The van der Waals surface area contributed by atoms with Crippen LogP contribution in [-0.2, 0) is 19.4 Å². The maximum absolute atomic E-state index is 12.1. The summed E-state index contributed by atoms with van der Waals surface area (Å²) in [6.45, 7) is 0.453. The van der Waals surface area contributed by atoms with Gasteiger partial charge in [0.05, 0.1) is 5.56 Å². The Kier molecular flexibility index (Phi) is 4.56. The lowest BCUT2D eigenvalue weighted by molar-refractivity contribution is 0.0950. The summed E-state index contributed by atoms with van der Waals surface area (Å²) in [7, 11) is 0. The number of nitrogens with one attached hydrogen (secondary N) is 1. The second-order valence-corrected chi connectivity index (χ2v) is 7.44. The van der Waals surface area contributed by atoms with Gasteiger partial charge in [-0.3, -0.25) is 9.78 Å². The number of hydrogen-bond acceptors (Lipinski definition) is 4. The Labute approximate surface area is 168 Å². The first-order chi connectivity index (χ1) is 14.3. The van der Waals surface area contributed by atoms with Gasteiger partial charge in [0, 0.05) is 24.5 Å². The van der Waals surface area contributed by atoms with E-state index in [2.05, 4.69) is 22.4 Å². The molecule has 0 radical (unpaired) electrons. The highest BCUT2D eigenvalue weighted by Gasteiger charge is 2.15. The number of rotatable bonds is 4. The molecule has 0 unspecified atom stereocenters. The van der Waals surface area contributed by atoms with Crippen LogP contribution < -0.4 is 5.32 Å². The second kappa shape index (κ2) is 7.51. The van der Waals surface area contributed by atoms with Crippen LogP contribution in [0.1, 0.15) is 39.9 Å². The fourth-order valence-electron chi connectivity index (χ4n) is 3.83. The third kappa shape index (κ3) is 3.63. The molecule has 5 heteroatoms. The molecule has 1 aliphatic rings. The maximum Gasteiger partial charge on any atom is 0.253 e. The number of nitrogens with zero attached hydrogens (tertiary/aromatic N) is 2. The Hall–Kier alpha value is -3.47. The van der Waals surface area contributed by atoms with Crippen molar-refractivity contribution in [3.63, 3.8) is 0 Å². The molecule has 0 saturated carbocycles. The summed E-state index contributed by atoms with van der Waals surface area (Å²) < 4.78 is 6.03. The number of pyridine rings is 1. The highest BCUT2D eigenvalue weighted by Crippen LogP contribution is 2.30. The van der Waals surface area contributed by atoms with Crippen molar-refractivity contribution in [1.82, 2.24) is 15.3 Å². The minimum absolute atomic E-state index is 0.134. The van der Waals surface area contributed by atoms with Crippen LogP contribution in [0.5, 0.6) is 0 Å². The summed E-state index contributed by atoms with van der Waals surface area (Å²) in [5.41, 5.74) is 7.08. The highest BCUT2D eigenvalue weighted by atomic mass is 16.3. The van der Waals surface area contributed by atoms with E-state index in [4.69, 9.17) is 9.40 Å². The fourth-order valence-corrected chi connectivity index (χ4v) is 3.83. The molecule has 0 bridgehead atoms. The fraction of sp³-hybridized carbons (Fsp3) is 0.208. The van der Waals surface area contributed by atoms with Crippen LogP contribution in [-0.4, -0.2) is 15.9 Å². The Bertz CT molecular complexity index is 1120. The Morgan fingerprint density at radius 1 is 1.03 bits per heavy atom. The lowest BCUT2D eigenvalue weighted by Crippen LogP contribution is -2.22. The normalized spacial score (nSPS) is 13.2. The first-order valence-corrected chi connectivity index (χ1v) is 9.96. The van der Waals surface area contributed by atoms with E-state index < -0.39 is 0 Å². The molecule has 144 valence electrons. The summed E-state index contributed by atoms with van der Waals surface area (Å²) in [6.07, 6.45) is 7.97. The van der Waals surface area contributed by atoms with Crippen molar-refractivity contribution < 1.29 is 9.21 Å². The lowest BCUT2D eigenvalue weighted by atomic mass is 9.91. The maximum atomic E-state index is 12.1. The highest BCUT2D eigenvalue weighted by molar-refractivity contribution is 5.93. The van der Waals surface area contributed by atoms with Crippen molar-refractivity contribution in [2.75, 3.05) is 0 Å². The molecule has 0 spiro atoms. The lowest BCUT2D eigenvalue weighted by Gasteiger charge is -2.14. The number of amides is 1. The minimum atomic E-state index is -0.134. The van der Waals surface area contributed by atoms with E-state index in [0.29, 0.717) is 18.0 Å². The molecule has 1 aliphatic carbocycles. The summed E-state index contributed by atoms with van der Waals surface area (Å²) in [4.78, 5) is 20.8. The van der Waals surface area contributed by atoms with Gasteiger partial charge in [0.2, 0.25) is 5.89 Å². The number of oxazole rings is 1. The van der Waals surface area contributed by atoms with Gasteiger partial charge in [0.15, 0.2) is 5.58 Å². The molecule has 5 rings (SSSR count). The standard InChI is InChI=1S/C24H21N3O2/c28-23(20-6-3-11-25-15-20)26-14-16-7-9-17(10-8-16)24-27-21-12-18-4-1-2-5-19(18)13-22(21)29-24/h3,6-13,15H,1-2,4-5,14H2,(H,26,28). The van der Waals surface area contributed by atoms with Gasteiger partial charge in [0.1, 0.15) is 5.52 Å². The van der Waals surface area contributed by atoms with E-state index in [1.54, 1.807) is 24.5 Å². The Balaban J connectivity index is 1.31.